The lowest BCUT2D eigenvalue weighted by Crippen LogP contribution is -2.38. The Hall–Kier alpha value is -2.03. The number of hydrogen-bond acceptors (Lipinski definition) is 2. The van der Waals surface area contributed by atoms with Crippen molar-refractivity contribution in [3.63, 3.8) is 0 Å². The van der Waals surface area contributed by atoms with Gasteiger partial charge in [-0.1, -0.05) is 39.0 Å². The largest absolute Gasteiger partial charge is 0.361 e. The summed E-state index contributed by atoms with van der Waals surface area (Å²) in [5, 5.41) is 12.9. The van der Waals surface area contributed by atoms with Crippen LogP contribution in [-0.4, -0.2) is 34.3 Å². The minimum absolute atomic E-state index is 0. The van der Waals surface area contributed by atoms with E-state index < -0.39 is 0 Å². The van der Waals surface area contributed by atoms with Crippen LogP contribution in [0.3, 0.4) is 0 Å². The Labute approximate surface area is 197 Å². The standard InChI is InChI=1S/C23H34N6.HI/c1-6-16-10-9-11-18-17(14-26-22(16)18)12-13-25-23(24-4)27-15-19-20(7-2)28-29(5)21(19)8-3;/h9-11,14,26H,6-8,12-13,15H2,1-5H3,(H2,24,25,27);1H. The Balaban J connectivity index is 0.00000320. The van der Waals surface area contributed by atoms with Crippen LogP contribution in [0.5, 0.6) is 0 Å². The van der Waals surface area contributed by atoms with Gasteiger partial charge in [0, 0.05) is 55.5 Å². The van der Waals surface area contributed by atoms with Crippen LogP contribution in [0.4, 0.5) is 0 Å². The Kier molecular flexibility index (Phi) is 9.20. The highest BCUT2D eigenvalue weighted by Crippen LogP contribution is 2.22. The maximum atomic E-state index is 4.66. The summed E-state index contributed by atoms with van der Waals surface area (Å²) in [6, 6.07) is 6.55. The summed E-state index contributed by atoms with van der Waals surface area (Å²) in [5.41, 5.74) is 7.72. The van der Waals surface area contributed by atoms with Crippen molar-refractivity contribution in [2.45, 2.75) is 53.0 Å². The first-order valence-corrected chi connectivity index (χ1v) is 10.7. The topological polar surface area (TPSA) is 70.0 Å². The van der Waals surface area contributed by atoms with Crippen LogP contribution in [-0.2, 0) is 39.3 Å². The number of guanidine groups is 1. The number of fused-ring (bicyclic) bond motifs is 1. The number of hydrogen-bond donors (Lipinski definition) is 3. The summed E-state index contributed by atoms with van der Waals surface area (Å²) in [4.78, 5) is 7.84. The quantitative estimate of drug-likeness (QED) is 0.237. The molecular formula is C23H35IN6. The van der Waals surface area contributed by atoms with Crippen molar-refractivity contribution in [2.75, 3.05) is 13.6 Å². The lowest BCUT2D eigenvalue weighted by Gasteiger charge is -2.13. The van der Waals surface area contributed by atoms with Crippen LogP contribution in [0, 0.1) is 0 Å². The van der Waals surface area contributed by atoms with Gasteiger partial charge >= 0.3 is 0 Å². The molecule has 6 nitrogen and oxygen atoms in total. The monoisotopic (exact) mass is 522 g/mol. The zero-order valence-electron chi connectivity index (χ0n) is 18.8. The molecule has 0 fully saturated rings. The fourth-order valence-electron chi connectivity index (χ4n) is 4.08. The van der Waals surface area contributed by atoms with Gasteiger partial charge in [-0.3, -0.25) is 9.67 Å². The first-order chi connectivity index (χ1) is 14.1. The van der Waals surface area contributed by atoms with E-state index in [-0.39, 0.29) is 24.0 Å². The molecule has 0 spiro atoms. The number of aromatic nitrogens is 3. The Bertz CT molecular complexity index is 985. The second-order valence-corrected chi connectivity index (χ2v) is 7.31. The zero-order chi connectivity index (χ0) is 20.8. The van der Waals surface area contributed by atoms with E-state index in [9.17, 15) is 0 Å². The van der Waals surface area contributed by atoms with Crippen molar-refractivity contribution in [3.05, 3.63) is 52.5 Å². The van der Waals surface area contributed by atoms with E-state index in [1.165, 1.54) is 33.3 Å². The van der Waals surface area contributed by atoms with Crippen molar-refractivity contribution in [1.82, 2.24) is 25.4 Å². The number of aliphatic imine (C=N–C) groups is 1. The summed E-state index contributed by atoms with van der Waals surface area (Å²) >= 11 is 0. The number of aromatic amines is 1. The fourth-order valence-corrected chi connectivity index (χ4v) is 4.08. The van der Waals surface area contributed by atoms with E-state index in [2.05, 4.69) is 70.9 Å². The smallest absolute Gasteiger partial charge is 0.191 e. The number of benzene rings is 1. The van der Waals surface area contributed by atoms with E-state index in [0.717, 1.165) is 50.4 Å². The molecule has 1 aromatic carbocycles. The minimum atomic E-state index is 0. The number of halogens is 1. The maximum Gasteiger partial charge on any atom is 0.191 e. The number of rotatable bonds is 8. The van der Waals surface area contributed by atoms with E-state index in [0.29, 0.717) is 0 Å². The average molecular weight is 522 g/mol. The Morgan fingerprint density at radius 3 is 2.57 bits per heavy atom. The van der Waals surface area contributed by atoms with Crippen LogP contribution in [0.1, 0.15) is 48.8 Å². The molecule has 0 saturated carbocycles. The molecule has 0 saturated heterocycles. The number of aryl methyl sites for hydroxylation is 3. The normalized spacial score (nSPS) is 11.6. The zero-order valence-corrected chi connectivity index (χ0v) is 21.1. The highest BCUT2D eigenvalue weighted by atomic mass is 127. The molecule has 0 aliphatic heterocycles. The van der Waals surface area contributed by atoms with Gasteiger partial charge in [0.05, 0.1) is 5.69 Å². The van der Waals surface area contributed by atoms with Crippen molar-refractivity contribution in [2.24, 2.45) is 12.0 Å². The van der Waals surface area contributed by atoms with Gasteiger partial charge in [0.25, 0.3) is 0 Å². The molecule has 7 heteroatoms. The third-order valence-electron chi connectivity index (χ3n) is 5.64. The first-order valence-electron chi connectivity index (χ1n) is 10.7. The molecule has 0 bridgehead atoms. The van der Waals surface area contributed by atoms with Crippen molar-refractivity contribution >= 4 is 40.8 Å². The Morgan fingerprint density at radius 1 is 1.10 bits per heavy atom. The van der Waals surface area contributed by atoms with Gasteiger partial charge in [0.2, 0.25) is 0 Å². The molecule has 0 unspecified atom stereocenters. The van der Waals surface area contributed by atoms with Gasteiger partial charge in [-0.2, -0.15) is 5.10 Å². The highest BCUT2D eigenvalue weighted by Gasteiger charge is 2.14. The van der Waals surface area contributed by atoms with Gasteiger partial charge in [-0.25, -0.2) is 0 Å². The van der Waals surface area contributed by atoms with Crippen molar-refractivity contribution in [1.29, 1.82) is 0 Å². The van der Waals surface area contributed by atoms with Crippen LogP contribution < -0.4 is 10.6 Å². The second kappa shape index (κ2) is 11.4. The summed E-state index contributed by atoms with van der Waals surface area (Å²) in [5.74, 6) is 0.826. The minimum Gasteiger partial charge on any atom is -0.361 e. The predicted molar refractivity (Wildman–Crippen MR) is 137 cm³/mol. The molecule has 0 radical (unpaired) electrons. The molecule has 3 aromatic rings. The van der Waals surface area contributed by atoms with Gasteiger partial charge in [-0.05, 0) is 36.8 Å². The van der Waals surface area contributed by atoms with Crippen molar-refractivity contribution in [3.8, 4) is 0 Å². The average Bonchev–Trinajstić information content (AvgIpc) is 3.30. The fraction of sp³-hybridized carbons (Fsp3) is 0.478. The highest BCUT2D eigenvalue weighted by molar-refractivity contribution is 14.0. The molecule has 3 rings (SSSR count). The van der Waals surface area contributed by atoms with Crippen LogP contribution in [0.15, 0.2) is 29.4 Å². The summed E-state index contributed by atoms with van der Waals surface area (Å²) in [6.45, 7) is 8.11. The lowest BCUT2D eigenvalue weighted by atomic mass is 10.1. The predicted octanol–water partition coefficient (Wildman–Crippen LogP) is 4.11. The SMILES string of the molecule is CCc1nn(C)c(CC)c1CNC(=NC)NCCc1c[nH]c2c(CC)cccc12.I. The van der Waals surface area contributed by atoms with Crippen LogP contribution in [0.2, 0.25) is 0 Å². The van der Waals surface area contributed by atoms with Gasteiger partial charge in [-0.15, -0.1) is 24.0 Å². The third kappa shape index (κ3) is 5.17. The molecule has 164 valence electrons. The van der Waals surface area contributed by atoms with E-state index in [1.807, 2.05) is 18.8 Å². The Morgan fingerprint density at radius 2 is 1.90 bits per heavy atom. The summed E-state index contributed by atoms with van der Waals surface area (Å²) < 4.78 is 2.01. The van der Waals surface area contributed by atoms with E-state index in [4.69, 9.17) is 0 Å². The molecule has 2 heterocycles. The summed E-state index contributed by atoms with van der Waals surface area (Å²) in [6.07, 6.45) is 6.05. The second-order valence-electron chi connectivity index (χ2n) is 7.31. The molecule has 30 heavy (non-hydrogen) atoms. The first kappa shape index (κ1) is 24.2. The molecule has 0 aliphatic rings. The van der Waals surface area contributed by atoms with E-state index >= 15 is 0 Å². The van der Waals surface area contributed by atoms with Gasteiger partial charge in [0.15, 0.2) is 5.96 Å². The number of para-hydroxylation sites is 1. The van der Waals surface area contributed by atoms with Crippen LogP contribution >= 0.6 is 24.0 Å². The lowest BCUT2D eigenvalue weighted by molar-refractivity contribution is 0.702. The third-order valence-corrected chi connectivity index (χ3v) is 5.64. The maximum absolute atomic E-state index is 4.66. The number of H-pyrrole nitrogens is 1. The molecule has 2 aromatic heterocycles. The number of nitrogens with one attached hydrogen (secondary N) is 3. The van der Waals surface area contributed by atoms with E-state index in [1.54, 1.807) is 0 Å². The number of nitrogens with zero attached hydrogens (tertiary/aromatic N) is 3. The van der Waals surface area contributed by atoms with Gasteiger partial charge in [0.1, 0.15) is 0 Å². The van der Waals surface area contributed by atoms with Crippen molar-refractivity contribution < 1.29 is 0 Å². The molecule has 0 atom stereocenters. The molecular weight excluding hydrogens is 487 g/mol. The molecule has 0 aliphatic carbocycles. The van der Waals surface area contributed by atoms with Crippen LogP contribution in [0.25, 0.3) is 10.9 Å². The summed E-state index contributed by atoms with van der Waals surface area (Å²) in [7, 11) is 3.85. The molecule has 3 N–H and O–H groups in total. The van der Waals surface area contributed by atoms with Gasteiger partial charge < -0.3 is 15.6 Å². The molecule has 0 amide bonds.